The molecule has 1 aliphatic heterocycles. The molecule has 86 valence electrons. The summed E-state index contributed by atoms with van der Waals surface area (Å²) in [7, 11) is 0. The van der Waals surface area contributed by atoms with Gasteiger partial charge in [0.25, 0.3) is 0 Å². The van der Waals surface area contributed by atoms with Crippen molar-refractivity contribution in [1.82, 2.24) is 5.32 Å². The molecule has 2 N–H and O–H groups in total. The average molecular weight is 245 g/mol. The smallest absolute Gasteiger partial charge is 0.321 e. The van der Waals surface area contributed by atoms with Gasteiger partial charge in [0, 0.05) is 17.4 Å². The quantitative estimate of drug-likeness (QED) is 0.833. The lowest BCUT2D eigenvalue weighted by atomic mass is 10.2. The first-order valence-corrected chi connectivity index (χ1v) is 5.68. The van der Waals surface area contributed by atoms with Crippen LogP contribution in [0.2, 0.25) is 0 Å². The predicted molar refractivity (Wildman–Crippen MR) is 56.1 cm³/mol. The zero-order valence-corrected chi connectivity index (χ0v) is 8.93. The lowest BCUT2D eigenvalue weighted by molar-refractivity contribution is -0.138. The van der Waals surface area contributed by atoms with E-state index in [-0.39, 0.29) is 5.56 Å². The standard InChI is InChI=1S/C10H9F2NO2S/c11-5-1-2-6(7(12)3-5)9-13-8(4-16-9)10(14)15/h1-3,8-9,13H,4H2,(H,14,15)/t8-,9?/m1/s1. The lowest BCUT2D eigenvalue weighted by Crippen LogP contribution is -2.33. The van der Waals surface area contributed by atoms with Crippen molar-refractivity contribution in [2.75, 3.05) is 5.75 Å². The molecule has 0 radical (unpaired) electrons. The van der Waals surface area contributed by atoms with Gasteiger partial charge in [-0.25, -0.2) is 8.78 Å². The molecule has 1 aliphatic rings. The van der Waals surface area contributed by atoms with E-state index in [9.17, 15) is 13.6 Å². The van der Waals surface area contributed by atoms with Crippen LogP contribution >= 0.6 is 11.8 Å². The van der Waals surface area contributed by atoms with Crippen LogP contribution in [0.5, 0.6) is 0 Å². The van der Waals surface area contributed by atoms with Gasteiger partial charge in [-0.05, 0) is 6.07 Å². The minimum absolute atomic E-state index is 0.287. The molecular formula is C10H9F2NO2S. The van der Waals surface area contributed by atoms with Gasteiger partial charge in [0.15, 0.2) is 0 Å². The number of hydrogen-bond donors (Lipinski definition) is 2. The number of carboxylic acids is 1. The molecule has 0 aromatic heterocycles. The number of benzene rings is 1. The van der Waals surface area contributed by atoms with Crippen LogP contribution in [0.1, 0.15) is 10.9 Å². The molecule has 6 heteroatoms. The second-order valence-electron chi connectivity index (χ2n) is 3.44. The molecule has 2 atom stereocenters. The van der Waals surface area contributed by atoms with Crippen molar-refractivity contribution < 1.29 is 18.7 Å². The van der Waals surface area contributed by atoms with E-state index in [0.29, 0.717) is 5.75 Å². The summed E-state index contributed by atoms with van der Waals surface area (Å²) < 4.78 is 26.1. The van der Waals surface area contributed by atoms with Gasteiger partial charge in [0.1, 0.15) is 17.7 Å². The maximum atomic E-state index is 13.4. The molecule has 3 nitrogen and oxygen atoms in total. The van der Waals surface area contributed by atoms with Crippen LogP contribution in [0.25, 0.3) is 0 Å². The summed E-state index contributed by atoms with van der Waals surface area (Å²) in [6.07, 6.45) is 0. The van der Waals surface area contributed by atoms with Crippen molar-refractivity contribution in [2.24, 2.45) is 0 Å². The summed E-state index contributed by atoms with van der Waals surface area (Å²) in [6, 6.07) is 2.61. The van der Waals surface area contributed by atoms with Gasteiger partial charge in [0.2, 0.25) is 0 Å². The SMILES string of the molecule is O=C(O)[C@H]1CSC(c2ccc(F)cc2F)N1. The molecule has 1 aromatic carbocycles. The average Bonchev–Trinajstić information content (AvgIpc) is 2.66. The second kappa shape index (κ2) is 4.39. The third-order valence-corrected chi connectivity index (χ3v) is 3.57. The van der Waals surface area contributed by atoms with Gasteiger partial charge < -0.3 is 5.11 Å². The van der Waals surface area contributed by atoms with Gasteiger partial charge in [0.05, 0.1) is 5.37 Å². The van der Waals surface area contributed by atoms with Crippen LogP contribution in [-0.2, 0) is 4.79 Å². The highest BCUT2D eigenvalue weighted by atomic mass is 32.2. The van der Waals surface area contributed by atoms with E-state index >= 15 is 0 Å². The number of halogens is 2. The van der Waals surface area contributed by atoms with E-state index in [2.05, 4.69) is 5.32 Å². The maximum absolute atomic E-state index is 13.4. The highest BCUT2D eigenvalue weighted by Gasteiger charge is 2.31. The van der Waals surface area contributed by atoms with Gasteiger partial charge >= 0.3 is 5.97 Å². The fourth-order valence-electron chi connectivity index (χ4n) is 1.51. The molecule has 1 fully saturated rings. The topological polar surface area (TPSA) is 49.3 Å². The van der Waals surface area contributed by atoms with E-state index < -0.39 is 29.0 Å². The van der Waals surface area contributed by atoms with E-state index in [1.807, 2.05) is 0 Å². The third-order valence-electron chi connectivity index (χ3n) is 2.33. The van der Waals surface area contributed by atoms with Crippen LogP contribution in [0.3, 0.4) is 0 Å². The molecule has 0 aliphatic carbocycles. The highest BCUT2D eigenvalue weighted by Crippen LogP contribution is 2.34. The monoisotopic (exact) mass is 245 g/mol. The Morgan fingerprint density at radius 1 is 1.50 bits per heavy atom. The van der Waals surface area contributed by atoms with Crippen LogP contribution in [0.4, 0.5) is 8.78 Å². The molecule has 2 rings (SSSR count). The summed E-state index contributed by atoms with van der Waals surface area (Å²) in [5.41, 5.74) is 0.287. The Kier molecular flexibility index (Phi) is 3.11. The van der Waals surface area contributed by atoms with Crippen LogP contribution in [0.15, 0.2) is 18.2 Å². The number of carboxylic acid groups (broad SMARTS) is 1. The Labute approximate surface area is 94.8 Å². The maximum Gasteiger partial charge on any atom is 0.321 e. The largest absolute Gasteiger partial charge is 0.480 e. The number of hydrogen-bond acceptors (Lipinski definition) is 3. The van der Waals surface area contributed by atoms with Gasteiger partial charge in [-0.2, -0.15) is 0 Å². The number of rotatable bonds is 2. The summed E-state index contributed by atoms with van der Waals surface area (Å²) in [5, 5.41) is 11.1. The normalized spacial score (nSPS) is 24.6. The Morgan fingerprint density at radius 3 is 2.81 bits per heavy atom. The third kappa shape index (κ3) is 2.17. The lowest BCUT2D eigenvalue weighted by Gasteiger charge is -2.12. The number of carbonyl (C=O) groups is 1. The fourth-order valence-corrected chi connectivity index (χ4v) is 2.76. The minimum atomic E-state index is -0.961. The molecule has 0 bridgehead atoms. The van der Waals surface area contributed by atoms with E-state index in [4.69, 9.17) is 5.11 Å². The predicted octanol–water partition coefficient (Wildman–Crippen LogP) is 1.75. The molecule has 1 aromatic rings. The Hall–Kier alpha value is -1.14. The molecular weight excluding hydrogens is 236 g/mol. The van der Waals surface area contributed by atoms with Gasteiger partial charge in [-0.1, -0.05) is 6.07 Å². The Morgan fingerprint density at radius 2 is 2.25 bits per heavy atom. The van der Waals surface area contributed by atoms with E-state index in [0.717, 1.165) is 12.1 Å². The van der Waals surface area contributed by atoms with Gasteiger partial charge in [-0.3, -0.25) is 10.1 Å². The number of nitrogens with one attached hydrogen (secondary N) is 1. The zero-order chi connectivity index (χ0) is 11.7. The summed E-state index contributed by atoms with van der Waals surface area (Å²) in [6.45, 7) is 0. The summed E-state index contributed by atoms with van der Waals surface area (Å²) in [5.74, 6) is -1.89. The number of aliphatic carboxylic acids is 1. The van der Waals surface area contributed by atoms with Crippen LogP contribution in [0, 0.1) is 11.6 Å². The van der Waals surface area contributed by atoms with Crippen molar-refractivity contribution in [3.05, 3.63) is 35.4 Å². The minimum Gasteiger partial charge on any atom is -0.480 e. The van der Waals surface area contributed by atoms with Crippen molar-refractivity contribution in [2.45, 2.75) is 11.4 Å². The first kappa shape index (κ1) is 11.3. The molecule has 0 amide bonds. The summed E-state index contributed by atoms with van der Waals surface area (Å²) in [4.78, 5) is 10.7. The molecule has 1 heterocycles. The Bertz CT molecular complexity index is 427. The molecule has 1 saturated heterocycles. The van der Waals surface area contributed by atoms with Crippen molar-refractivity contribution in [1.29, 1.82) is 0 Å². The first-order chi connectivity index (χ1) is 7.58. The number of thioether (sulfide) groups is 1. The van der Waals surface area contributed by atoms with Crippen LogP contribution < -0.4 is 5.32 Å². The van der Waals surface area contributed by atoms with Crippen LogP contribution in [-0.4, -0.2) is 22.9 Å². The highest BCUT2D eigenvalue weighted by molar-refractivity contribution is 7.99. The molecule has 16 heavy (non-hydrogen) atoms. The molecule has 0 spiro atoms. The Balaban J connectivity index is 2.17. The molecule has 1 unspecified atom stereocenters. The summed E-state index contributed by atoms with van der Waals surface area (Å²) >= 11 is 1.30. The van der Waals surface area contributed by atoms with Crippen molar-refractivity contribution >= 4 is 17.7 Å². The zero-order valence-electron chi connectivity index (χ0n) is 8.11. The van der Waals surface area contributed by atoms with Crippen molar-refractivity contribution in [3.63, 3.8) is 0 Å². The fraction of sp³-hybridized carbons (Fsp3) is 0.300. The van der Waals surface area contributed by atoms with Crippen molar-refractivity contribution in [3.8, 4) is 0 Å². The van der Waals surface area contributed by atoms with Gasteiger partial charge in [-0.15, -0.1) is 11.8 Å². The second-order valence-corrected chi connectivity index (χ2v) is 4.57. The molecule has 0 saturated carbocycles. The first-order valence-electron chi connectivity index (χ1n) is 4.63. The van der Waals surface area contributed by atoms with E-state index in [1.165, 1.54) is 17.8 Å². The van der Waals surface area contributed by atoms with E-state index in [1.54, 1.807) is 0 Å².